The van der Waals surface area contributed by atoms with Crippen LogP contribution in [-0.2, 0) is 4.74 Å². The van der Waals surface area contributed by atoms with Crippen molar-refractivity contribution in [2.24, 2.45) is 10.8 Å². The summed E-state index contributed by atoms with van der Waals surface area (Å²) in [5.41, 5.74) is -1.09. The molecule has 1 amide bonds. The second-order valence-electron chi connectivity index (χ2n) is 7.97. The summed E-state index contributed by atoms with van der Waals surface area (Å²) in [7, 11) is 0. The molecule has 0 saturated heterocycles. The Bertz CT molecular complexity index is 399. The summed E-state index contributed by atoms with van der Waals surface area (Å²) in [5, 5.41) is 13.4. The number of rotatable bonds is 1. The van der Waals surface area contributed by atoms with Crippen LogP contribution in [0.2, 0.25) is 0 Å². The molecule has 3 atom stereocenters. The first-order valence-corrected chi connectivity index (χ1v) is 7.13. The Hall–Kier alpha value is -0.770. The fraction of sp³-hybridized carbons (Fsp3) is 0.933. The summed E-state index contributed by atoms with van der Waals surface area (Å²) < 4.78 is 5.37. The Morgan fingerprint density at radius 3 is 2.21 bits per heavy atom. The van der Waals surface area contributed by atoms with E-state index < -0.39 is 5.60 Å². The van der Waals surface area contributed by atoms with Gasteiger partial charge in [-0.25, -0.2) is 4.79 Å². The molecular weight excluding hydrogens is 242 g/mol. The van der Waals surface area contributed by atoms with Crippen molar-refractivity contribution in [1.82, 2.24) is 5.32 Å². The molecule has 2 bridgehead atoms. The van der Waals surface area contributed by atoms with Crippen LogP contribution in [0.1, 0.15) is 60.8 Å². The molecule has 0 aromatic carbocycles. The van der Waals surface area contributed by atoms with Crippen LogP contribution in [0.5, 0.6) is 0 Å². The summed E-state index contributed by atoms with van der Waals surface area (Å²) in [5.74, 6) is 0. The largest absolute Gasteiger partial charge is 0.444 e. The molecular formula is C15H27NO3. The lowest BCUT2D eigenvalue weighted by Gasteiger charge is -2.41. The molecule has 2 saturated carbocycles. The Morgan fingerprint density at radius 2 is 1.84 bits per heavy atom. The highest BCUT2D eigenvalue weighted by Gasteiger charge is 2.70. The van der Waals surface area contributed by atoms with Crippen LogP contribution in [-0.4, -0.2) is 28.4 Å². The highest BCUT2D eigenvalue weighted by Crippen LogP contribution is 2.67. The predicted molar refractivity (Wildman–Crippen MR) is 73.8 cm³/mol. The van der Waals surface area contributed by atoms with Gasteiger partial charge >= 0.3 is 6.09 Å². The van der Waals surface area contributed by atoms with E-state index in [9.17, 15) is 9.90 Å². The summed E-state index contributed by atoms with van der Waals surface area (Å²) >= 11 is 0. The maximum atomic E-state index is 12.1. The molecule has 0 radical (unpaired) electrons. The van der Waals surface area contributed by atoms with E-state index in [0.29, 0.717) is 6.42 Å². The number of alkyl carbamates (subject to hydrolysis) is 1. The second kappa shape index (κ2) is 3.87. The van der Waals surface area contributed by atoms with Crippen LogP contribution in [0.15, 0.2) is 0 Å². The van der Waals surface area contributed by atoms with E-state index in [1.807, 2.05) is 20.8 Å². The lowest BCUT2D eigenvalue weighted by Crippen LogP contribution is -2.55. The highest BCUT2D eigenvalue weighted by atomic mass is 16.6. The van der Waals surface area contributed by atoms with E-state index in [0.717, 1.165) is 12.8 Å². The fourth-order valence-electron chi connectivity index (χ4n) is 3.91. The summed E-state index contributed by atoms with van der Waals surface area (Å²) in [6.07, 6.45) is 1.74. The zero-order valence-corrected chi connectivity index (χ0v) is 13.0. The monoisotopic (exact) mass is 269 g/mol. The zero-order valence-electron chi connectivity index (χ0n) is 13.0. The summed E-state index contributed by atoms with van der Waals surface area (Å²) in [6, 6.07) is 0. The third kappa shape index (κ3) is 1.95. The van der Waals surface area contributed by atoms with E-state index in [4.69, 9.17) is 4.74 Å². The zero-order chi connectivity index (χ0) is 14.7. The molecule has 4 heteroatoms. The molecule has 19 heavy (non-hydrogen) atoms. The minimum Gasteiger partial charge on any atom is -0.444 e. The van der Waals surface area contributed by atoms with E-state index in [2.05, 4.69) is 26.1 Å². The van der Waals surface area contributed by atoms with Crippen LogP contribution in [0.4, 0.5) is 4.79 Å². The van der Waals surface area contributed by atoms with E-state index in [1.54, 1.807) is 0 Å². The SMILES string of the molecule is CC(C)(C)OC(=O)N[C@]12CC[C@@](C)([C@@H](O)C1)C2(C)C. The van der Waals surface area contributed by atoms with Crippen molar-refractivity contribution in [2.75, 3.05) is 0 Å². The molecule has 2 aliphatic carbocycles. The average molecular weight is 269 g/mol. The molecule has 4 nitrogen and oxygen atoms in total. The fourth-order valence-corrected chi connectivity index (χ4v) is 3.91. The number of carbonyl (C=O) groups excluding carboxylic acids is 1. The number of fused-ring (bicyclic) bond motifs is 2. The number of nitrogens with one attached hydrogen (secondary N) is 1. The number of ether oxygens (including phenoxy) is 1. The Balaban J connectivity index is 2.19. The van der Waals surface area contributed by atoms with Crippen LogP contribution < -0.4 is 5.32 Å². The van der Waals surface area contributed by atoms with E-state index in [1.165, 1.54) is 0 Å². The number of hydrogen-bond acceptors (Lipinski definition) is 3. The van der Waals surface area contributed by atoms with Crippen molar-refractivity contribution in [1.29, 1.82) is 0 Å². The minimum atomic E-state index is -0.496. The standard InChI is InChI=1S/C15H27NO3/c1-12(2,3)19-11(18)16-15-8-7-14(6,10(17)9-15)13(15,4)5/h10,17H,7-9H2,1-6H3,(H,16,18)/t10-,14-,15+/m0/s1. The van der Waals surface area contributed by atoms with Crippen molar-refractivity contribution < 1.29 is 14.6 Å². The molecule has 2 rings (SSSR count). The van der Waals surface area contributed by atoms with Gasteiger partial charge < -0.3 is 15.2 Å². The van der Waals surface area contributed by atoms with Gasteiger partial charge in [-0.1, -0.05) is 20.8 Å². The van der Waals surface area contributed by atoms with Gasteiger partial charge in [-0.15, -0.1) is 0 Å². The van der Waals surface area contributed by atoms with Crippen LogP contribution >= 0.6 is 0 Å². The smallest absolute Gasteiger partial charge is 0.408 e. The molecule has 2 aliphatic rings. The first kappa shape index (κ1) is 14.6. The van der Waals surface area contributed by atoms with Crippen LogP contribution in [0.25, 0.3) is 0 Å². The van der Waals surface area contributed by atoms with Gasteiger partial charge in [-0.05, 0) is 45.4 Å². The van der Waals surface area contributed by atoms with Crippen molar-refractivity contribution >= 4 is 6.09 Å². The average Bonchev–Trinajstić information content (AvgIpc) is 2.44. The van der Waals surface area contributed by atoms with Crippen molar-refractivity contribution in [3.05, 3.63) is 0 Å². The predicted octanol–water partition coefficient (Wildman–Crippen LogP) is 2.84. The molecule has 0 aromatic heterocycles. The van der Waals surface area contributed by atoms with Gasteiger partial charge in [-0.2, -0.15) is 0 Å². The van der Waals surface area contributed by atoms with Gasteiger partial charge in [0.1, 0.15) is 5.60 Å². The first-order chi connectivity index (χ1) is 8.44. The first-order valence-electron chi connectivity index (χ1n) is 7.13. The van der Waals surface area contributed by atoms with Gasteiger partial charge in [0.2, 0.25) is 0 Å². The third-order valence-electron chi connectivity index (χ3n) is 5.71. The van der Waals surface area contributed by atoms with Crippen molar-refractivity contribution in [3.8, 4) is 0 Å². The van der Waals surface area contributed by atoms with E-state index in [-0.39, 0.29) is 28.6 Å². The molecule has 0 heterocycles. The van der Waals surface area contributed by atoms with Gasteiger partial charge in [0, 0.05) is 5.41 Å². The number of hydrogen-bond donors (Lipinski definition) is 2. The number of carbonyl (C=O) groups is 1. The number of aliphatic hydroxyl groups is 1. The van der Waals surface area contributed by atoms with Crippen LogP contribution in [0, 0.1) is 10.8 Å². The lowest BCUT2D eigenvalue weighted by molar-refractivity contribution is 0.0113. The normalized spacial score (nSPS) is 40.3. The molecule has 0 unspecified atom stereocenters. The van der Waals surface area contributed by atoms with Crippen molar-refractivity contribution in [2.45, 2.75) is 78.0 Å². The Morgan fingerprint density at radius 1 is 1.26 bits per heavy atom. The maximum absolute atomic E-state index is 12.1. The van der Waals surface area contributed by atoms with Gasteiger partial charge in [-0.3, -0.25) is 0 Å². The van der Waals surface area contributed by atoms with Crippen molar-refractivity contribution in [3.63, 3.8) is 0 Å². The topological polar surface area (TPSA) is 58.6 Å². The highest BCUT2D eigenvalue weighted by molar-refractivity contribution is 5.69. The third-order valence-corrected chi connectivity index (χ3v) is 5.71. The van der Waals surface area contributed by atoms with Gasteiger partial charge in [0.05, 0.1) is 11.6 Å². The second-order valence-corrected chi connectivity index (χ2v) is 7.97. The van der Waals surface area contributed by atoms with Crippen LogP contribution in [0.3, 0.4) is 0 Å². The minimum absolute atomic E-state index is 0.123. The lowest BCUT2D eigenvalue weighted by atomic mass is 9.68. The summed E-state index contributed by atoms with van der Waals surface area (Å²) in [4.78, 5) is 12.1. The maximum Gasteiger partial charge on any atom is 0.408 e. The molecule has 110 valence electrons. The Labute approximate surface area is 115 Å². The molecule has 0 spiro atoms. The molecule has 0 aliphatic heterocycles. The molecule has 2 fully saturated rings. The van der Waals surface area contributed by atoms with Gasteiger partial charge in [0.15, 0.2) is 0 Å². The number of aliphatic hydroxyl groups excluding tert-OH is 1. The molecule has 2 N–H and O–H groups in total. The molecule has 0 aromatic rings. The summed E-state index contributed by atoms with van der Waals surface area (Å²) in [6.45, 7) is 12.0. The van der Waals surface area contributed by atoms with E-state index >= 15 is 0 Å². The van der Waals surface area contributed by atoms with Gasteiger partial charge in [0.25, 0.3) is 0 Å². The number of amides is 1. The quantitative estimate of drug-likeness (QED) is 0.769. The Kier molecular flexibility index (Phi) is 2.98.